The highest BCUT2D eigenvalue weighted by Gasteiger charge is 2.24. The molecule has 0 spiro atoms. The maximum atomic E-state index is 11.5. The van der Waals surface area contributed by atoms with Gasteiger partial charge in [-0.05, 0) is 59.8 Å². The summed E-state index contributed by atoms with van der Waals surface area (Å²) in [5.41, 5.74) is 1.25. The molecule has 2 amide bonds. The van der Waals surface area contributed by atoms with Crippen molar-refractivity contribution in [1.82, 2.24) is 5.32 Å². The molecule has 0 aromatic heterocycles. The van der Waals surface area contributed by atoms with Gasteiger partial charge >= 0.3 is 5.97 Å². The molecule has 2 aromatic carbocycles. The molecule has 1 aliphatic rings. The fourth-order valence-corrected chi connectivity index (χ4v) is 3.04. The summed E-state index contributed by atoms with van der Waals surface area (Å²) in [6.45, 7) is 0.675. The minimum absolute atomic E-state index is 0.336. The fraction of sp³-hybridized carbons (Fsp3) is 0.150. The predicted molar refractivity (Wildman–Crippen MR) is 104 cm³/mol. The van der Waals surface area contributed by atoms with Gasteiger partial charge in [-0.25, -0.2) is 4.79 Å². The number of hydrogen-bond acceptors (Lipinski definition) is 7. The average molecular weight is 399 g/mol. The van der Waals surface area contributed by atoms with Crippen LogP contribution in [0.4, 0.5) is 4.79 Å². The molecule has 0 bridgehead atoms. The first kappa shape index (κ1) is 19.5. The zero-order valence-electron chi connectivity index (χ0n) is 15.0. The number of ether oxygens (including phenoxy) is 3. The third-order valence-electron chi connectivity index (χ3n) is 3.72. The van der Waals surface area contributed by atoms with Gasteiger partial charge in [0.15, 0.2) is 0 Å². The minimum atomic E-state index is -0.396. The van der Waals surface area contributed by atoms with Crippen LogP contribution in [-0.2, 0) is 9.53 Å². The molecule has 8 heteroatoms. The van der Waals surface area contributed by atoms with Gasteiger partial charge in [0.25, 0.3) is 11.1 Å². The van der Waals surface area contributed by atoms with Gasteiger partial charge in [0.05, 0.1) is 17.6 Å². The van der Waals surface area contributed by atoms with Crippen LogP contribution in [0.5, 0.6) is 11.5 Å². The van der Waals surface area contributed by atoms with Crippen molar-refractivity contribution in [3.63, 3.8) is 0 Å². The van der Waals surface area contributed by atoms with Crippen molar-refractivity contribution in [2.75, 3.05) is 20.3 Å². The smallest absolute Gasteiger partial charge is 0.337 e. The molecule has 0 aliphatic carbocycles. The summed E-state index contributed by atoms with van der Waals surface area (Å²) >= 11 is 0.879. The molecular weight excluding hydrogens is 382 g/mol. The van der Waals surface area contributed by atoms with Crippen LogP contribution in [0.15, 0.2) is 53.4 Å². The molecule has 28 heavy (non-hydrogen) atoms. The van der Waals surface area contributed by atoms with Gasteiger partial charge < -0.3 is 14.2 Å². The summed E-state index contributed by atoms with van der Waals surface area (Å²) in [7, 11) is 1.33. The second-order valence-corrected chi connectivity index (χ2v) is 6.65. The van der Waals surface area contributed by atoms with Crippen molar-refractivity contribution < 1.29 is 28.6 Å². The Labute approximate surface area is 165 Å². The Kier molecular flexibility index (Phi) is 6.33. The van der Waals surface area contributed by atoms with E-state index in [1.807, 2.05) is 0 Å². The molecular formula is C20H17NO6S. The van der Waals surface area contributed by atoms with Gasteiger partial charge in [0.1, 0.15) is 24.7 Å². The Morgan fingerprint density at radius 1 is 0.964 bits per heavy atom. The summed E-state index contributed by atoms with van der Waals surface area (Å²) in [5.74, 6) is 0.506. The van der Waals surface area contributed by atoms with Crippen LogP contribution < -0.4 is 14.8 Å². The van der Waals surface area contributed by atoms with Crippen molar-refractivity contribution in [2.45, 2.75) is 0 Å². The number of amides is 2. The molecule has 1 N–H and O–H groups in total. The van der Waals surface area contributed by atoms with Crippen molar-refractivity contribution >= 4 is 35.0 Å². The first-order chi connectivity index (χ1) is 13.5. The number of esters is 1. The second kappa shape index (κ2) is 9.09. The third-order valence-corrected chi connectivity index (χ3v) is 4.53. The third kappa shape index (κ3) is 5.14. The highest BCUT2D eigenvalue weighted by atomic mass is 32.2. The molecule has 1 saturated heterocycles. The van der Waals surface area contributed by atoms with E-state index in [4.69, 9.17) is 9.47 Å². The molecule has 0 radical (unpaired) electrons. The van der Waals surface area contributed by atoms with E-state index >= 15 is 0 Å². The average Bonchev–Trinajstić information content (AvgIpc) is 3.03. The van der Waals surface area contributed by atoms with E-state index in [9.17, 15) is 14.4 Å². The number of thioether (sulfide) groups is 1. The van der Waals surface area contributed by atoms with Gasteiger partial charge in [-0.3, -0.25) is 14.9 Å². The number of carbonyl (C=O) groups excluding carboxylic acids is 3. The lowest BCUT2D eigenvalue weighted by molar-refractivity contribution is -0.115. The van der Waals surface area contributed by atoms with Crippen LogP contribution in [0.1, 0.15) is 15.9 Å². The first-order valence-corrected chi connectivity index (χ1v) is 9.16. The summed E-state index contributed by atoms with van der Waals surface area (Å²) < 4.78 is 15.8. The molecule has 1 heterocycles. The number of methoxy groups -OCH3 is 1. The predicted octanol–water partition coefficient (Wildman–Crippen LogP) is 3.25. The zero-order chi connectivity index (χ0) is 19.9. The van der Waals surface area contributed by atoms with Gasteiger partial charge in [0.2, 0.25) is 0 Å². The SMILES string of the molecule is COC(=O)c1ccc(OCCOc2ccc(C=C3SC(=O)NC3=O)cc2)cc1. The number of benzene rings is 2. The minimum Gasteiger partial charge on any atom is -0.490 e. The Hall–Kier alpha value is -3.26. The number of rotatable bonds is 7. The molecule has 0 atom stereocenters. The zero-order valence-corrected chi connectivity index (χ0v) is 15.8. The van der Waals surface area contributed by atoms with Crippen molar-refractivity contribution in [3.05, 3.63) is 64.6 Å². The van der Waals surface area contributed by atoms with E-state index in [1.54, 1.807) is 54.6 Å². The maximum Gasteiger partial charge on any atom is 0.337 e. The van der Waals surface area contributed by atoms with Crippen LogP contribution in [0, 0.1) is 0 Å². The highest BCUT2D eigenvalue weighted by molar-refractivity contribution is 8.18. The standard InChI is InChI=1S/C20H17NO6S/c1-25-19(23)14-4-8-16(9-5-14)27-11-10-26-15-6-2-13(3-7-15)12-17-18(22)21-20(24)28-17/h2-9,12H,10-11H2,1H3,(H,21,22,24). The molecule has 2 aromatic rings. The molecule has 0 saturated carbocycles. The van der Waals surface area contributed by atoms with Crippen LogP contribution in [0.25, 0.3) is 6.08 Å². The number of imide groups is 1. The van der Waals surface area contributed by atoms with Crippen molar-refractivity contribution in [1.29, 1.82) is 0 Å². The second-order valence-electron chi connectivity index (χ2n) is 5.63. The Morgan fingerprint density at radius 3 is 2.04 bits per heavy atom. The fourth-order valence-electron chi connectivity index (χ4n) is 2.36. The summed E-state index contributed by atoms with van der Waals surface area (Å²) in [6.07, 6.45) is 1.65. The molecule has 7 nitrogen and oxygen atoms in total. The van der Waals surface area contributed by atoms with Gasteiger partial charge in [-0.2, -0.15) is 0 Å². The quantitative estimate of drug-likeness (QED) is 0.434. The molecule has 1 aliphatic heterocycles. The van der Waals surface area contributed by atoms with Crippen molar-refractivity contribution in [3.8, 4) is 11.5 Å². The van der Waals surface area contributed by atoms with Crippen LogP contribution in [-0.4, -0.2) is 37.4 Å². The number of carbonyl (C=O) groups is 3. The molecule has 1 fully saturated rings. The topological polar surface area (TPSA) is 90.9 Å². The van der Waals surface area contributed by atoms with E-state index < -0.39 is 5.97 Å². The van der Waals surface area contributed by atoms with Gasteiger partial charge in [-0.1, -0.05) is 12.1 Å². The van der Waals surface area contributed by atoms with Gasteiger partial charge in [-0.15, -0.1) is 0 Å². The van der Waals surface area contributed by atoms with Crippen molar-refractivity contribution in [2.24, 2.45) is 0 Å². The molecule has 3 rings (SSSR count). The van der Waals surface area contributed by atoms with E-state index in [2.05, 4.69) is 10.1 Å². The lowest BCUT2D eigenvalue weighted by Crippen LogP contribution is -2.17. The number of nitrogens with one attached hydrogen (secondary N) is 1. The van der Waals surface area contributed by atoms with E-state index in [1.165, 1.54) is 7.11 Å². The van der Waals surface area contributed by atoms with E-state index in [-0.39, 0.29) is 11.1 Å². The normalized spacial score (nSPS) is 14.7. The lowest BCUT2D eigenvalue weighted by Gasteiger charge is -2.09. The largest absolute Gasteiger partial charge is 0.490 e. The summed E-state index contributed by atoms with van der Waals surface area (Å²) in [6, 6.07) is 13.8. The summed E-state index contributed by atoms with van der Waals surface area (Å²) in [4.78, 5) is 34.4. The van der Waals surface area contributed by atoms with Crippen LogP contribution in [0.2, 0.25) is 0 Å². The van der Waals surface area contributed by atoms with Crippen LogP contribution in [0.3, 0.4) is 0 Å². The number of hydrogen-bond donors (Lipinski definition) is 1. The van der Waals surface area contributed by atoms with E-state index in [0.29, 0.717) is 35.2 Å². The Morgan fingerprint density at radius 2 is 1.54 bits per heavy atom. The highest BCUT2D eigenvalue weighted by Crippen LogP contribution is 2.26. The molecule has 0 unspecified atom stereocenters. The Balaban J connectivity index is 1.45. The first-order valence-electron chi connectivity index (χ1n) is 8.34. The Bertz CT molecular complexity index is 905. The monoisotopic (exact) mass is 399 g/mol. The van der Waals surface area contributed by atoms with Gasteiger partial charge in [0, 0.05) is 0 Å². The molecule has 144 valence electrons. The van der Waals surface area contributed by atoms with Crippen LogP contribution >= 0.6 is 11.8 Å². The summed E-state index contributed by atoms with van der Waals surface area (Å²) in [5, 5.41) is 1.85. The lowest BCUT2D eigenvalue weighted by atomic mass is 10.2. The maximum absolute atomic E-state index is 11.5. The van der Waals surface area contributed by atoms with E-state index in [0.717, 1.165) is 17.3 Å².